The van der Waals surface area contributed by atoms with E-state index in [-0.39, 0.29) is 5.82 Å². The summed E-state index contributed by atoms with van der Waals surface area (Å²) in [6.07, 6.45) is 3.79. The van der Waals surface area contributed by atoms with E-state index in [1.165, 1.54) is 6.07 Å². The van der Waals surface area contributed by atoms with Crippen molar-refractivity contribution in [1.82, 2.24) is 9.78 Å². The molecule has 0 atom stereocenters. The van der Waals surface area contributed by atoms with Crippen LogP contribution in [-0.2, 0) is 6.54 Å². The largest absolute Gasteiger partial charge is 0.397 e. The third kappa shape index (κ3) is 2.80. The number of rotatable bonds is 4. The minimum absolute atomic E-state index is 0.277. The molecule has 18 heavy (non-hydrogen) atoms. The van der Waals surface area contributed by atoms with Crippen LogP contribution in [0.4, 0.5) is 15.8 Å². The molecule has 0 spiro atoms. The monoisotopic (exact) mass is 248 g/mol. The zero-order valence-corrected chi connectivity index (χ0v) is 10.6. The van der Waals surface area contributed by atoms with Gasteiger partial charge in [-0.1, -0.05) is 0 Å². The average Bonchev–Trinajstić information content (AvgIpc) is 2.71. The van der Waals surface area contributed by atoms with Crippen molar-refractivity contribution in [2.45, 2.75) is 20.4 Å². The van der Waals surface area contributed by atoms with Crippen molar-refractivity contribution in [3.63, 3.8) is 0 Å². The van der Waals surface area contributed by atoms with E-state index in [2.05, 4.69) is 10.4 Å². The van der Waals surface area contributed by atoms with E-state index in [4.69, 9.17) is 5.73 Å². The van der Waals surface area contributed by atoms with Gasteiger partial charge in [0.25, 0.3) is 0 Å². The van der Waals surface area contributed by atoms with E-state index in [0.29, 0.717) is 17.8 Å². The van der Waals surface area contributed by atoms with Crippen LogP contribution in [0.2, 0.25) is 0 Å². The number of nitrogens with two attached hydrogens (primary N) is 1. The quantitative estimate of drug-likeness (QED) is 0.816. The van der Waals surface area contributed by atoms with Crippen LogP contribution in [0, 0.1) is 19.7 Å². The van der Waals surface area contributed by atoms with Crippen molar-refractivity contribution in [3.8, 4) is 0 Å². The van der Waals surface area contributed by atoms with Gasteiger partial charge in [-0.15, -0.1) is 0 Å². The van der Waals surface area contributed by atoms with Gasteiger partial charge in [0.15, 0.2) is 0 Å². The summed E-state index contributed by atoms with van der Waals surface area (Å²) in [6.45, 7) is 5.15. The Morgan fingerprint density at radius 2 is 2.17 bits per heavy atom. The molecule has 0 unspecified atom stereocenters. The van der Waals surface area contributed by atoms with Gasteiger partial charge in [0, 0.05) is 12.7 Å². The molecule has 5 heteroatoms. The van der Waals surface area contributed by atoms with Crippen molar-refractivity contribution < 1.29 is 4.39 Å². The van der Waals surface area contributed by atoms with Crippen molar-refractivity contribution in [1.29, 1.82) is 0 Å². The topological polar surface area (TPSA) is 55.9 Å². The molecule has 0 fully saturated rings. The van der Waals surface area contributed by atoms with Crippen LogP contribution < -0.4 is 11.1 Å². The summed E-state index contributed by atoms with van der Waals surface area (Å²) in [7, 11) is 0. The third-order valence-corrected chi connectivity index (χ3v) is 2.75. The second kappa shape index (κ2) is 5.08. The van der Waals surface area contributed by atoms with E-state index >= 15 is 0 Å². The predicted octanol–water partition coefficient (Wildman–Crippen LogP) is 2.33. The number of aromatic nitrogens is 2. The molecule has 0 aliphatic rings. The standard InChI is InChI=1S/C13H17FN4/c1-9-7-17-18(8-9)4-3-16-13-5-10(2)11(14)6-12(13)15/h5-8,16H,3-4,15H2,1-2H3. The number of nitrogens with one attached hydrogen (secondary N) is 1. The maximum Gasteiger partial charge on any atom is 0.128 e. The molecule has 0 bridgehead atoms. The molecule has 96 valence electrons. The van der Waals surface area contributed by atoms with E-state index in [9.17, 15) is 4.39 Å². The Morgan fingerprint density at radius 3 is 2.83 bits per heavy atom. The van der Waals surface area contributed by atoms with Crippen LogP contribution in [0.3, 0.4) is 0 Å². The van der Waals surface area contributed by atoms with Crippen LogP contribution in [-0.4, -0.2) is 16.3 Å². The zero-order chi connectivity index (χ0) is 13.1. The predicted molar refractivity (Wildman–Crippen MR) is 71.0 cm³/mol. The van der Waals surface area contributed by atoms with Crippen LogP contribution in [0.25, 0.3) is 0 Å². The molecule has 3 N–H and O–H groups in total. The molecule has 2 rings (SSSR count). The SMILES string of the molecule is Cc1cnn(CCNc2cc(C)c(F)cc2N)c1. The molecule has 0 aliphatic carbocycles. The maximum absolute atomic E-state index is 13.2. The Hall–Kier alpha value is -2.04. The minimum atomic E-state index is -0.277. The fraction of sp³-hybridized carbons (Fsp3) is 0.308. The average molecular weight is 248 g/mol. The molecule has 0 amide bonds. The molecule has 0 saturated heterocycles. The number of anilines is 2. The van der Waals surface area contributed by atoms with E-state index < -0.39 is 0 Å². The van der Waals surface area contributed by atoms with Crippen molar-refractivity contribution in [2.75, 3.05) is 17.6 Å². The Morgan fingerprint density at radius 1 is 1.39 bits per heavy atom. The van der Waals surface area contributed by atoms with Gasteiger partial charge in [0.1, 0.15) is 5.82 Å². The lowest BCUT2D eigenvalue weighted by molar-refractivity contribution is 0.618. The molecule has 0 saturated carbocycles. The van der Waals surface area contributed by atoms with Crippen LogP contribution in [0.15, 0.2) is 24.5 Å². The second-order valence-corrected chi connectivity index (χ2v) is 4.40. The van der Waals surface area contributed by atoms with Gasteiger partial charge in [-0.05, 0) is 37.1 Å². The maximum atomic E-state index is 13.2. The molecular weight excluding hydrogens is 231 g/mol. The van der Waals surface area contributed by atoms with Crippen molar-refractivity contribution in [3.05, 3.63) is 41.5 Å². The highest BCUT2D eigenvalue weighted by Gasteiger charge is 2.04. The number of aryl methyl sites for hydroxylation is 2. The Bertz CT molecular complexity index is 548. The highest BCUT2D eigenvalue weighted by atomic mass is 19.1. The van der Waals surface area contributed by atoms with Crippen LogP contribution in [0.5, 0.6) is 0 Å². The van der Waals surface area contributed by atoms with Gasteiger partial charge in [-0.2, -0.15) is 5.10 Å². The first-order valence-electron chi connectivity index (χ1n) is 5.85. The molecule has 4 nitrogen and oxygen atoms in total. The molecular formula is C13H17FN4. The molecule has 0 radical (unpaired) electrons. The number of nitrogens with zero attached hydrogens (tertiary/aromatic N) is 2. The molecule has 1 heterocycles. The van der Waals surface area contributed by atoms with Crippen molar-refractivity contribution >= 4 is 11.4 Å². The van der Waals surface area contributed by atoms with Gasteiger partial charge >= 0.3 is 0 Å². The summed E-state index contributed by atoms with van der Waals surface area (Å²) in [6, 6.07) is 3.06. The van der Waals surface area contributed by atoms with Crippen LogP contribution >= 0.6 is 0 Å². The molecule has 1 aromatic carbocycles. The van der Waals surface area contributed by atoms with E-state index in [1.54, 1.807) is 13.0 Å². The first-order chi connectivity index (χ1) is 8.56. The summed E-state index contributed by atoms with van der Waals surface area (Å²) >= 11 is 0. The summed E-state index contributed by atoms with van der Waals surface area (Å²) in [5, 5.41) is 7.37. The Kier molecular flexibility index (Phi) is 3.50. The molecule has 0 aliphatic heterocycles. The lowest BCUT2D eigenvalue weighted by Gasteiger charge is -2.10. The summed E-state index contributed by atoms with van der Waals surface area (Å²) < 4.78 is 15.1. The number of benzene rings is 1. The van der Waals surface area contributed by atoms with Gasteiger partial charge in [0.2, 0.25) is 0 Å². The normalized spacial score (nSPS) is 10.6. The summed E-state index contributed by atoms with van der Waals surface area (Å²) in [5.41, 5.74) is 8.65. The summed E-state index contributed by atoms with van der Waals surface area (Å²) in [5.74, 6) is -0.277. The van der Waals surface area contributed by atoms with Crippen molar-refractivity contribution in [2.24, 2.45) is 0 Å². The van der Waals surface area contributed by atoms with Crippen LogP contribution in [0.1, 0.15) is 11.1 Å². The molecule has 2 aromatic rings. The van der Waals surface area contributed by atoms with E-state index in [0.717, 1.165) is 17.8 Å². The fourth-order valence-electron chi connectivity index (χ4n) is 1.74. The highest BCUT2D eigenvalue weighted by Crippen LogP contribution is 2.22. The number of halogens is 1. The zero-order valence-electron chi connectivity index (χ0n) is 10.6. The molecule has 1 aromatic heterocycles. The van der Waals surface area contributed by atoms with E-state index in [1.807, 2.05) is 24.0 Å². The number of nitrogen functional groups attached to an aromatic ring is 1. The number of hydrogen-bond acceptors (Lipinski definition) is 3. The Labute approximate surface area is 106 Å². The highest BCUT2D eigenvalue weighted by molar-refractivity contribution is 5.67. The second-order valence-electron chi connectivity index (χ2n) is 4.40. The van der Waals surface area contributed by atoms with Gasteiger partial charge < -0.3 is 11.1 Å². The number of hydrogen-bond donors (Lipinski definition) is 2. The van der Waals surface area contributed by atoms with Gasteiger partial charge in [0.05, 0.1) is 24.1 Å². The fourth-order valence-corrected chi connectivity index (χ4v) is 1.74. The lowest BCUT2D eigenvalue weighted by atomic mass is 10.2. The smallest absolute Gasteiger partial charge is 0.128 e. The lowest BCUT2D eigenvalue weighted by Crippen LogP contribution is -2.12. The van der Waals surface area contributed by atoms with Gasteiger partial charge in [-0.25, -0.2) is 4.39 Å². The third-order valence-electron chi connectivity index (χ3n) is 2.75. The first kappa shape index (κ1) is 12.4. The Balaban J connectivity index is 1.96. The first-order valence-corrected chi connectivity index (χ1v) is 5.85. The van der Waals surface area contributed by atoms with Gasteiger partial charge in [-0.3, -0.25) is 4.68 Å². The minimum Gasteiger partial charge on any atom is -0.397 e. The summed E-state index contributed by atoms with van der Waals surface area (Å²) in [4.78, 5) is 0.